The molecule has 5 heteroatoms. The molecule has 90 valence electrons. The van der Waals surface area contributed by atoms with Gasteiger partial charge in [0.2, 0.25) is 5.67 Å². The van der Waals surface area contributed by atoms with Crippen molar-refractivity contribution in [3.8, 4) is 11.5 Å². The van der Waals surface area contributed by atoms with E-state index in [2.05, 4.69) is 0 Å². The molecule has 1 aliphatic carbocycles. The zero-order chi connectivity index (χ0) is 12.0. The standard InChI is InChI=1S/C12H11FO4/c13-12(11(14)15)2-1-7-5-9-10(6-8(7)12)17-4-3-16-9/h5-6H,1-4H2,(H,14,15). The van der Waals surface area contributed by atoms with Crippen molar-refractivity contribution in [2.75, 3.05) is 13.2 Å². The monoisotopic (exact) mass is 238 g/mol. The third kappa shape index (κ3) is 1.38. The molecule has 1 unspecified atom stereocenters. The van der Waals surface area contributed by atoms with Crippen LogP contribution in [0.15, 0.2) is 12.1 Å². The van der Waals surface area contributed by atoms with Crippen molar-refractivity contribution in [3.05, 3.63) is 23.3 Å². The van der Waals surface area contributed by atoms with Crippen LogP contribution < -0.4 is 9.47 Å². The van der Waals surface area contributed by atoms with Gasteiger partial charge in [-0.1, -0.05) is 0 Å². The highest BCUT2D eigenvalue weighted by molar-refractivity contribution is 5.81. The third-order valence-corrected chi connectivity index (χ3v) is 3.27. The van der Waals surface area contributed by atoms with E-state index in [1.807, 2.05) is 0 Å². The lowest BCUT2D eigenvalue weighted by molar-refractivity contribution is -0.151. The molecule has 1 atom stereocenters. The lowest BCUT2D eigenvalue weighted by atomic mass is 9.97. The van der Waals surface area contributed by atoms with Crippen molar-refractivity contribution in [2.45, 2.75) is 18.5 Å². The summed E-state index contributed by atoms with van der Waals surface area (Å²) in [4.78, 5) is 11.0. The highest BCUT2D eigenvalue weighted by atomic mass is 19.1. The number of fused-ring (bicyclic) bond motifs is 2. The van der Waals surface area contributed by atoms with Gasteiger partial charge < -0.3 is 14.6 Å². The first-order valence-electron chi connectivity index (χ1n) is 5.46. The van der Waals surface area contributed by atoms with Crippen molar-refractivity contribution in [2.24, 2.45) is 0 Å². The van der Waals surface area contributed by atoms with Gasteiger partial charge in [0, 0.05) is 12.0 Å². The fourth-order valence-electron chi connectivity index (χ4n) is 2.37. The van der Waals surface area contributed by atoms with Gasteiger partial charge in [0.25, 0.3) is 0 Å². The van der Waals surface area contributed by atoms with E-state index in [1.54, 1.807) is 6.07 Å². The molecule has 0 spiro atoms. The number of hydrogen-bond donors (Lipinski definition) is 1. The molecule has 1 heterocycles. The maximum atomic E-state index is 14.3. The number of ether oxygens (including phenoxy) is 2. The molecule has 0 saturated carbocycles. The first-order valence-corrected chi connectivity index (χ1v) is 5.46. The van der Waals surface area contributed by atoms with Crippen LogP contribution in [-0.2, 0) is 16.9 Å². The van der Waals surface area contributed by atoms with E-state index in [0.29, 0.717) is 36.7 Å². The van der Waals surface area contributed by atoms with Gasteiger partial charge in [0.15, 0.2) is 11.5 Å². The zero-order valence-corrected chi connectivity index (χ0v) is 9.03. The minimum atomic E-state index is -2.29. The van der Waals surface area contributed by atoms with Crippen molar-refractivity contribution in [1.29, 1.82) is 0 Å². The quantitative estimate of drug-likeness (QED) is 0.808. The van der Waals surface area contributed by atoms with E-state index in [1.165, 1.54) is 6.07 Å². The molecule has 0 amide bonds. The molecule has 0 fully saturated rings. The fourth-order valence-corrected chi connectivity index (χ4v) is 2.37. The van der Waals surface area contributed by atoms with E-state index in [4.69, 9.17) is 14.6 Å². The van der Waals surface area contributed by atoms with E-state index < -0.39 is 11.6 Å². The van der Waals surface area contributed by atoms with Crippen LogP contribution >= 0.6 is 0 Å². The lowest BCUT2D eigenvalue weighted by Crippen LogP contribution is -2.28. The Hall–Kier alpha value is -1.78. The molecule has 2 aliphatic rings. The normalized spacial score (nSPS) is 25.5. The first kappa shape index (κ1) is 10.4. The topological polar surface area (TPSA) is 55.8 Å². The second kappa shape index (κ2) is 3.35. The molecule has 3 rings (SSSR count). The Morgan fingerprint density at radius 3 is 2.59 bits per heavy atom. The average molecular weight is 238 g/mol. The minimum Gasteiger partial charge on any atom is -0.486 e. The predicted octanol–water partition coefficient (Wildman–Crippen LogP) is 1.65. The summed E-state index contributed by atoms with van der Waals surface area (Å²) in [6.45, 7) is 0.865. The molecule has 1 N–H and O–H groups in total. The molecule has 4 nitrogen and oxygen atoms in total. The number of aliphatic carboxylic acids is 1. The van der Waals surface area contributed by atoms with Gasteiger partial charge in [-0.15, -0.1) is 0 Å². The number of aryl methyl sites for hydroxylation is 1. The maximum absolute atomic E-state index is 14.3. The Kier molecular flexibility index (Phi) is 2.05. The van der Waals surface area contributed by atoms with Crippen LogP contribution in [0.4, 0.5) is 4.39 Å². The molecule has 1 aliphatic heterocycles. The second-order valence-corrected chi connectivity index (χ2v) is 4.26. The Balaban J connectivity index is 2.13. The fraction of sp³-hybridized carbons (Fsp3) is 0.417. The van der Waals surface area contributed by atoms with Gasteiger partial charge in [-0.05, 0) is 24.1 Å². The van der Waals surface area contributed by atoms with Crippen LogP contribution in [-0.4, -0.2) is 24.3 Å². The summed E-state index contributed by atoms with van der Waals surface area (Å²) in [5.74, 6) is -0.433. The molecule has 0 aromatic heterocycles. The number of rotatable bonds is 1. The summed E-state index contributed by atoms with van der Waals surface area (Å²) < 4.78 is 25.0. The molecule has 0 bridgehead atoms. The molecular formula is C12H11FO4. The average Bonchev–Trinajstić information content (AvgIpc) is 2.66. The van der Waals surface area contributed by atoms with Crippen molar-refractivity contribution < 1.29 is 23.8 Å². The molecule has 1 aromatic carbocycles. The zero-order valence-electron chi connectivity index (χ0n) is 9.03. The number of halogens is 1. The third-order valence-electron chi connectivity index (χ3n) is 3.27. The first-order chi connectivity index (χ1) is 8.11. The molecule has 1 aromatic rings. The van der Waals surface area contributed by atoms with E-state index in [9.17, 15) is 9.18 Å². The van der Waals surface area contributed by atoms with Gasteiger partial charge in [-0.3, -0.25) is 0 Å². The lowest BCUT2D eigenvalue weighted by Gasteiger charge is -2.21. The van der Waals surface area contributed by atoms with Crippen LogP contribution in [0, 0.1) is 0 Å². The largest absolute Gasteiger partial charge is 0.486 e. The minimum absolute atomic E-state index is 0.0272. The molecule has 0 saturated heterocycles. The van der Waals surface area contributed by atoms with Crippen LogP contribution in [0.1, 0.15) is 17.5 Å². The molecule has 0 radical (unpaired) electrons. The second-order valence-electron chi connectivity index (χ2n) is 4.26. The van der Waals surface area contributed by atoms with Crippen LogP contribution in [0.2, 0.25) is 0 Å². The smallest absolute Gasteiger partial charge is 0.346 e. The predicted molar refractivity (Wildman–Crippen MR) is 56.2 cm³/mol. The summed E-state index contributed by atoms with van der Waals surface area (Å²) in [6.07, 6.45) is 0.384. The number of carbonyl (C=O) groups is 1. The maximum Gasteiger partial charge on any atom is 0.346 e. The summed E-state index contributed by atoms with van der Waals surface area (Å²) in [6, 6.07) is 3.15. The van der Waals surface area contributed by atoms with Gasteiger partial charge in [0.05, 0.1) is 0 Å². The highest BCUT2D eigenvalue weighted by Crippen LogP contribution is 2.45. The molecule has 17 heavy (non-hydrogen) atoms. The Labute approximate surface area is 97.0 Å². The number of hydrogen-bond acceptors (Lipinski definition) is 3. The highest BCUT2D eigenvalue weighted by Gasteiger charge is 2.47. The summed E-state index contributed by atoms with van der Waals surface area (Å²) in [7, 11) is 0. The van der Waals surface area contributed by atoms with Crippen molar-refractivity contribution in [1.82, 2.24) is 0 Å². The van der Waals surface area contributed by atoms with Crippen LogP contribution in [0.5, 0.6) is 11.5 Å². The van der Waals surface area contributed by atoms with Gasteiger partial charge >= 0.3 is 5.97 Å². The Bertz CT molecular complexity index is 500. The van der Waals surface area contributed by atoms with Gasteiger partial charge in [0.1, 0.15) is 13.2 Å². The number of alkyl halides is 1. The Morgan fingerprint density at radius 1 is 1.29 bits per heavy atom. The van der Waals surface area contributed by atoms with Crippen LogP contribution in [0.3, 0.4) is 0 Å². The van der Waals surface area contributed by atoms with Crippen molar-refractivity contribution in [3.63, 3.8) is 0 Å². The van der Waals surface area contributed by atoms with Crippen LogP contribution in [0.25, 0.3) is 0 Å². The van der Waals surface area contributed by atoms with Gasteiger partial charge in [-0.2, -0.15) is 0 Å². The summed E-state index contributed by atoms with van der Waals surface area (Å²) in [5, 5.41) is 8.98. The number of carboxylic acids is 1. The Morgan fingerprint density at radius 2 is 1.94 bits per heavy atom. The van der Waals surface area contributed by atoms with Gasteiger partial charge in [-0.25, -0.2) is 9.18 Å². The summed E-state index contributed by atoms with van der Waals surface area (Å²) in [5.41, 5.74) is -1.39. The number of benzene rings is 1. The SMILES string of the molecule is O=C(O)C1(F)CCc2cc3c(cc21)OCCO3. The number of carboxylic acid groups (broad SMARTS) is 1. The summed E-state index contributed by atoms with van der Waals surface area (Å²) >= 11 is 0. The van der Waals surface area contributed by atoms with E-state index in [-0.39, 0.29) is 12.0 Å². The molecular weight excluding hydrogens is 227 g/mol. The van der Waals surface area contributed by atoms with E-state index >= 15 is 0 Å². The van der Waals surface area contributed by atoms with Crippen molar-refractivity contribution >= 4 is 5.97 Å². The van der Waals surface area contributed by atoms with E-state index in [0.717, 1.165) is 0 Å².